The zero-order valence-corrected chi connectivity index (χ0v) is 12.0. The molecule has 18 heavy (non-hydrogen) atoms. The second-order valence-corrected chi connectivity index (χ2v) is 5.63. The van der Waals surface area contributed by atoms with Gasteiger partial charge in [-0.25, -0.2) is 0 Å². The first-order valence-corrected chi connectivity index (χ1v) is 7.14. The molecule has 0 bridgehead atoms. The number of benzene rings is 1. The minimum Gasteiger partial charge on any atom is -0.495 e. The normalized spacial score (nSPS) is 23.9. The van der Waals surface area contributed by atoms with Crippen LogP contribution in [0.3, 0.4) is 0 Å². The molecule has 0 aliphatic heterocycles. The number of halogens is 1. The molecule has 2 atom stereocenters. The summed E-state index contributed by atoms with van der Waals surface area (Å²) in [6.45, 7) is 3.23. The highest BCUT2D eigenvalue weighted by Crippen LogP contribution is 2.26. The van der Waals surface area contributed by atoms with Crippen LogP contribution < -0.4 is 10.1 Å². The Morgan fingerprint density at radius 1 is 1.33 bits per heavy atom. The molecule has 100 valence electrons. The lowest BCUT2D eigenvalue weighted by Crippen LogP contribution is -2.36. The second kappa shape index (κ2) is 6.44. The van der Waals surface area contributed by atoms with E-state index < -0.39 is 0 Å². The fraction of sp³-hybridized carbons (Fsp3) is 0.600. The van der Waals surface area contributed by atoms with Crippen molar-refractivity contribution in [2.75, 3.05) is 7.11 Å². The quantitative estimate of drug-likeness (QED) is 0.890. The average Bonchev–Trinajstić information content (AvgIpc) is 2.38. The number of ether oxygens (including phenoxy) is 1. The van der Waals surface area contributed by atoms with Gasteiger partial charge in [0.2, 0.25) is 0 Å². The van der Waals surface area contributed by atoms with E-state index in [1.165, 1.54) is 31.2 Å². The van der Waals surface area contributed by atoms with Gasteiger partial charge in [0, 0.05) is 12.6 Å². The van der Waals surface area contributed by atoms with Crippen molar-refractivity contribution in [3.05, 3.63) is 28.8 Å². The molecule has 0 spiro atoms. The fourth-order valence-electron chi connectivity index (χ4n) is 2.69. The number of rotatable bonds is 4. The molecule has 2 rings (SSSR count). The topological polar surface area (TPSA) is 21.3 Å². The molecule has 1 aliphatic rings. The second-order valence-electron chi connectivity index (χ2n) is 5.22. The van der Waals surface area contributed by atoms with Crippen molar-refractivity contribution < 1.29 is 4.74 Å². The zero-order valence-electron chi connectivity index (χ0n) is 11.2. The van der Waals surface area contributed by atoms with E-state index in [2.05, 4.69) is 18.3 Å². The Hall–Kier alpha value is -0.730. The van der Waals surface area contributed by atoms with E-state index >= 15 is 0 Å². The van der Waals surface area contributed by atoms with Crippen LogP contribution in [-0.4, -0.2) is 13.2 Å². The highest BCUT2D eigenvalue weighted by Gasteiger charge is 2.20. The van der Waals surface area contributed by atoms with Gasteiger partial charge in [-0.05, 0) is 36.5 Å². The fourth-order valence-corrected chi connectivity index (χ4v) is 2.97. The summed E-state index contributed by atoms with van der Waals surface area (Å²) < 4.78 is 5.16. The largest absolute Gasteiger partial charge is 0.495 e. The molecule has 1 fully saturated rings. The minimum atomic E-state index is 0.652. The van der Waals surface area contributed by atoms with Crippen molar-refractivity contribution in [1.29, 1.82) is 0 Å². The molecule has 2 nitrogen and oxygen atoms in total. The minimum absolute atomic E-state index is 0.652. The lowest BCUT2D eigenvalue weighted by atomic mass is 9.86. The predicted octanol–water partition coefficient (Wildman–Crippen LogP) is 4.02. The molecule has 1 N–H and O–H groups in total. The lowest BCUT2D eigenvalue weighted by molar-refractivity contribution is 0.279. The van der Waals surface area contributed by atoms with Crippen molar-refractivity contribution in [2.24, 2.45) is 5.92 Å². The van der Waals surface area contributed by atoms with Crippen LogP contribution in [0.2, 0.25) is 5.02 Å². The molecule has 0 radical (unpaired) electrons. The van der Waals surface area contributed by atoms with Crippen molar-refractivity contribution in [3.8, 4) is 5.75 Å². The van der Waals surface area contributed by atoms with Gasteiger partial charge < -0.3 is 10.1 Å². The maximum Gasteiger partial charge on any atom is 0.137 e. The summed E-state index contributed by atoms with van der Waals surface area (Å²) in [6, 6.07) is 6.65. The van der Waals surface area contributed by atoms with Crippen LogP contribution in [-0.2, 0) is 6.54 Å². The summed E-state index contributed by atoms with van der Waals surface area (Å²) in [5.41, 5.74) is 1.22. The highest BCUT2D eigenvalue weighted by molar-refractivity contribution is 6.32. The van der Waals surface area contributed by atoms with Crippen LogP contribution in [0, 0.1) is 5.92 Å². The SMILES string of the molecule is COc1ccc(CN[C@@H]2CCCC[C@H]2C)cc1Cl. The Kier molecular flexibility index (Phi) is 4.90. The summed E-state index contributed by atoms with van der Waals surface area (Å²) >= 11 is 6.13. The summed E-state index contributed by atoms with van der Waals surface area (Å²) in [4.78, 5) is 0. The van der Waals surface area contributed by atoms with Gasteiger partial charge in [0.15, 0.2) is 0 Å². The maximum atomic E-state index is 6.13. The van der Waals surface area contributed by atoms with Gasteiger partial charge in [-0.2, -0.15) is 0 Å². The first-order chi connectivity index (χ1) is 8.70. The van der Waals surface area contributed by atoms with Gasteiger partial charge in [-0.15, -0.1) is 0 Å². The first-order valence-electron chi connectivity index (χ1n) is 6.76. The van der Waals surface area contributed by atoms with E-state index in [1.54, 1.807) is 7.11 Å². The van der Waals surface area contributed by atoms with E-state index in [0.717, 1.165) is 18.2 Å². The molecular formula is C15H22ClNO. The van der Waals surface area contributed by atoms with Gasteiger partial charge in [0.25, 0.3) is 0 Å². The Morgan fingerprint density at radius 2 is 2.11 bits per heavy atom. The Balaban J connectivity index is 1.91. The third-order valence-electron chi connectivity index (χ3n) is 3.90. The third-order valence-corrected chi connectivity index (χ3v) is 4.19. The maximum absolute atomic E-state index is 6.13. The number of nitrogens with one attached hydrogen (secondary N) is 1. The van der Waals surface area contributed by atoms with E-state index in [4.69, 9.17) is 16.3 Å². The summed E-state index contributed by atoms with van der Waals surface area (Å²) in [5.74, 6) is 1.53. The molecule has 1 aliphatic carbocycles. The Bertz CT molecular complexity index is 394. The van der Waals surface area contributed by atoms with Crippen molar-refractivity contribution in [2.45, 2.75) is 45.2 Å². The van der Waals surface area contributed by atoms with Gasteiger partial charge in [0.05, 0.1) is 12.1 Å². The van der Waals surface area contributed by atoms with Crippen LogP contribution in [0.15, 0.2) is 18.2 Å². The van der Waals surface area contributed by atoms with Crippen molar-refractivity contribution >= 4 is 11.6 Å². The summed E-state index contributed by atoms with van der Waals surface area (Å²) in [7, 11) is 1.64. The average molecular weight is 268 g/mol. The molecule has 0 saturated heterocycles. The van der Waals surface area contributed by atoms with Gasteiger partial charge in [-0.1, -0.05) is 37.4 Å². The smallest absolute Gasteiger partial charge is 0.137 e. The van der Waals surface area contributed by atoms with Crippen LogP contribution in [0.5, 0.6) is 5.75 Å². The zero-order chi connectivity index (χ0) is 13.0. The number of hydrogen-bond donors (Lipinski definition) is 1. The Morgan fingerprint density at radius 3 is 2.78 bits per heavy atom. The van der Waals surface area contributed by atoms with Crippen LogP contribution >= 0.6 is 11.6 Å². The van der Waals surface area contributed by atoms with E-state index in [9.17, 15) is 0 Å². The third kappa shape index (κ3) is 3.39. The van der Waals surface area contributed by atoms with E-state index in [1.807, 2.05) is 12.1 Å². The van der Waals surface area contributed by atoms with E-state index in [0.29, 0.717) is 11.1 Å². The molecule has 3 heteroatoms. The van der Waals surface area contributed by atoms with Gasteiger partial charge in [-0.3, -0.25) is 0 Å². The standard InChI is InChI=1S/C15H22ClNO/c1-11-5-3-4-6-14(11)17-10-12-7-8-15(18-2)13(16)9-12/h7-9,11,14,17H,3-6,10H2,1-2H3/t11-,14-/m1/s1. The van der Waals surface area contributed by atoms with Crippen molar-refractivity contribution in [1.82, 2.24) is 5.32 Å². The molecule has 0 amide bonds. The molecule has 0 unspecified atom stereocenters. The summed E-state index contributed by atoms with van der Waals surface area (Å²) in [6.07, 6.45) is 5.38. The molecule has 0 aromatic heterocycles. The predicted molar refractivity (Wildman–Crippen MR) is 76.3 cm³/mol. The first kappa shape index (κ1) is 13.7. The van der Waals surface area contributed by atoms with Crippen LogP contribution in [0.4, 0.5) is 0 Å². The lowest BCUT2D eigenvalue weighted by Gasteiger charge is -2.29. The van der Waals surface area contributed by atoms with Crippen LogP contribution in [0.25, 0.3) is 0 Å². The van der Waals surface area contributed by atoms with Gasteiger partial charge >= 0.3 is 0 Å². The molecule has 0 heterocycles. The Labute approximate surface area is 115 Å². The summed E-state index contributed by atoms with van der Waals surface area (Å²) in [5, 5.41) is 4.34. The number of methoxy groups -OCH3 is 1. The van der Waals surface area contributed by atoms with E-state index in [-0.39, 0.29) is 0 Å². The molecule has 1 aromatic rings. The van der Waals surface area contributed by atoms with Crippen LogP contribution in [0.1, 0.15) is 38.2 Å². The number of hydrogen-bond acceptors (Lipinski definition) is 2. The molecule has 1 aromatic carbocycles. The van der Waals surface area contributed by atoms with Crippen molar-refractivity contribution in [3.63, 3.8) is 0 Å². The monoisotopic (exact) mass is 267 g/mol. The molecule has 1 saturated carbocycles. The molecular weight excluding hydrogens is 246 g/mol. The highest BCUT2D eigenvalue weighted by atomic mass is 35.5. The van der Waals surface area contributed by atoms with Gasteiger partial charge in [0.1, 0.15) is 5.75 Å².